The van der Waals surface area contributed by atoms with Crippen LogP contribution in [-0.4, -0.2) is 64.6 Å². The Hall–Kier alpha value is -0.160. The standard InChI is InChI=1S/C12H26N2O2/c1-13-8-12(10-15-3)16-9-11-6-4-5-7-14(11)2/h11-13H,4-10H2,1-3H3. The van der Waals surface area contributed by atoms with Crippen molar-refractivity contribution in [2.45, 2.75) is 31.4 Å². The molecule has 16 heavy (non-hydrogen) atoms. The van der Waals surface area contributed by atoms with Crippen LogP contribution in [0.15, 0.2) is 0 Å². The minimum atomic E-state index is 0.172. The molecule has 96 valence electrons. The molecule has 0 saturated carbocycles. The Kier molecular flexibility index (Phi) is 6.96. The summed E-state index contributed by atoms with van der Waals surface area (Å²) in [5.74, 6) is 0. The molecule has 1 fully saturated rings. The number of rotatable bonds is 7. The van der Waals surface area contributed by atoms with E-state index in [4.69, 9.17) is 9.47 Å². The number of likely N-dealkylation sites (tertiary alicyclic amines) is 1. The molecule has 4 nitrogen and oxygen atoms in total. The van der Waals surface area contributed by atoms with Gasteiger partial charge in [0.15, 0.2) is 0 Å². The van der Waals surface area contributed by atoms with Gasteiger partial charge in [-0.2, -0.15) is 0 Å². The van der Waals surface area contributed by atoms with Crippen LogP contribution in [0.2, 0.25) is 0 Å². The highest BCUT2D eigenvalue weighted by atomic mass is 16.5. The lowest BCUT2D eigenvalue weighted by Gasteiger charge is -2.33. The highest BCUT2D eigenvalue weighted by molar-refractivity contribution is 4.74. The number of hydrogen-bond acceptors (Lipinski definition) is 4. The van der Waals surface area contributed by atoms with E-state index in [2.05, 4.69) is 17.3 Å². The van der Waals surface area contributed by atoms with E-state index in [1.165, 1.54) is 25.8 Å². The summed E-state index contributed by atoms with van der Waals surface area (Å²) in [7, 11) is 5.86. The third kappa shape index (κ3) is 4.78. The quantitative estimate of drug-likeness (QED) is 0.699. The summed E-state index contributed by atoms with van der Waals surface area (Å²) in [6, 6.07) is 0.588. The van der Waals surface area contributed by atoms with Crippen LogP contribution < -0.4 is 5.32 Å². The van der Waals surface area contributed by atoms with Gasteiger partial charge < -0.3 is 19.7 Å². The summed E-state index contributed by atoms with van der Waals surface area (Å²) < 4.78 is 11.0. The molecular formula is C12H26N2O2. The second kappa shape index (κ2) is 8.01. The van der Waals surface area contributed by atoms with E-state index in [1.807, 2.05) is 7.05 Å². The fourth-order valence-electron chi connectivity index (χ4n) is 2.18. The topological polar surface area (TPSA) is 33.7 Å². The zero-order chi connectivity index (χ0) is 11.8. The molecule has 4 heteroatoms. The van der Waals surface area contributed by atoms with Gasteiger partial charge in [0.25, 0.3) is 0 Å². The molecule has 0 aromatic rings. The number of ether oxygens (including phenoxy) is 2. The molecule has 0 radical (unpaired) electrons. The third-order valence-electron chi connectivity index (χ3n) is 3.23. The van der Waals surface area contributed by atoms with Gasteiger partial charge in [-0.15, -0.1) is 0 Å². The van der Waals surface area contributed by atoms with Crippen molar-refractivity contribution >= 4 is 0 Å². The number of piperidine rings is 1. The number of nitrogens with one attached hydrogen (secondary N) is 1. The Balaban J connectivity index is 2.23. The lowest BCUT2D eigenvalue weighted by Crippen LogP contribution is -2.42. The van der Waals surface area contributed by atoms with Crippen LogP contribution in [0.1, 0.15) is 19.3 Å². The first-order chi connectivity index (χ1) is 7.77. The highest BCUT2D eigenvalue weighted by Crippen LogP contribution is 2.15. The maximum Gasteiger partial charge on any atom is 0.0932 e. The number of likely N-dealkylation sites (N-methyl/N-ethyl adjacent to an activating group) is 2. The van der Waals surface area contributed by atoms with Crippen LogP contribution in [0.25, 0.3) is 0 Å². The van der Waals surface area contributed by atoms with Crippen LogP contribution in [0, 0.1) is 0 Å². The average Bonchev–Trinajstić information content (AvgIpc) is 2.28. The Labute approximate surface area is 99.3 Å². The molecule has 1 N–H and O–H groups in total. The van der Waals surface area contributed by atoms with Crippen molar-refractivity contribution in [3.8, 4) is 0 Å². The second-order valence-electron chi connectivity index (χ2n) is 4.60. The molecule has 1 heterocycles. The van der Waals surface area contributed by atoms with E-state index >= 15 is 0 Å². The zero-order valence-corrected chi connectivity index (χ0v) is 10.9. The minimum absolute atomic E-state index is 0.172. The van der Waals surface area contributed by atoms with Crippen LogP contribution in [0.5, 0.6) is 0 Å². The number of hydrogen-bond donors (Lipinski definition) is 1. The molecule has 0 bridgehead atoms. The van der Waals surface area contributed by atoms with Crippen molar-refractivity contribution in [2.75, 3.05) is 47.5 Å². The average molecular weight is 230 g/mol. The molecule has 1 rings (SSSR count). The van der Waals surface area contributed by atoms with Gasteiger partial charge in [0.05, 0.1) is 19.3 Å². The van der Waals surface area contributed by atoms with E-state index < -0.39 is 0 Å². The molecule has 1 aliphatic heterocycles. The van der Waals surface area contributed by atoms with Gasteiger partial charge in [-0.1, -0.05) is 6.42 Å². The molecule has 0 aliphatic carbocycles. The molecule has 2 unspecified atom stereocenters. The summed E-state index contributed by atoms with van der Waals surface area (Å²) in [5.41, 5.74) is 0. The first kappa shape index (κ1) is 13.9. The van der Waals surface area contributed by atoms with Gasteiger partial charge in [-0.05, 0) is 33.5 Å². The maximum absolute atomic E-state index is 5.90. The van der Waals surface area contributed by atoms with Gasteiger partial charge in [0.2, 0.25) is 0 Å². The first-order valence-corrected chi connectivity index (χ1v) is 6.23. The van der Waals surface area contributed by atoms with E-state index in [0.717, 1.165) is 13.2 Å². The lowest BCUT2D eigenvalue weighted by atomic mass is 10.0. The fraction of sp³-hybridized carbons (Fsp3) is 1.00. The minimum Gasteiger partial charge on any atom is -0.382 e. The largest absolute Gasteiger partial charge is 0.382 e. The Morgan fingerprint density at radius 3 is 2.88 bits per heavy atom. The molecule has 0 spiro atoms. The van der Waals surface area contributed by atoms with Crippen molar-refractivity contribution in [3.05, 3.63) is 0 Å². The predicted molar refractivity (Wildman–Crippen MR) is 65.8 cm³/mol. The molecule has 0 aromatic carbocycles. The van der Waals surface area contributed by atoms with Crippen molar-refractivity contribution < 1.29 is 9.47 Å². The SMILES string of the molecule is CNCC(COC)OCC1CCCCN1C. The van der Waals surface area contributed by atoms with E-state index in [9.17, 15) is 0 Å². The zero-order valence-electron chi connectivity index (χ0n) is 10.9. The highest BCUT2D eigenvalue weighted by Gasteiger charge is 2.20. The van der Waals surface area contributed by atoms with Gasteiger partial charge in [-0.3, -0.25) is 0 Å². The Morgan fingerprint density at radius 1 is 1.44 bits per heavy atom. The molecule has 2 atom stereocenters. The van der Waals surface area contributed by atoms with Gasteiger partial charge in [0.1, 0.15) is 0 Å². The second-order valence-corrected chi connectivity index (χ2v) is 4.60. The van der Waals surface area contributed by atoms with Gasteiger partial charge in [0, 0.05) is 19.7 Å². The smallest absolute Gasteiger partial charge is 0.0932 e. The summed E-state index contributed by atoms with van der Waals surface area (Å²) in [4.78, 5) is 2.41. The first-order valence-electron chi connectivity index (χ1n) is 6.23. The normalized spacial score (nSPS) is 24.6. The summed E-state index contributed by atoms with van der Waals surface area (Å²) >= 11 is 0. The lowest BCUT2D eigenvalue weighted by molar-refractivity contribution is -0.0290. The van der Waals surface area contributed by atoms with Crippen LogP contribution in [-0.2, 0) is 9.47 Å². The Bertz CT molecular complexity index is 172. The van der Waals surface area contributed by atoms with Crippen LogP contribution >= 0.6 is 0 Å². The molecule has 1 saturated heterocycles. The van der Waals surface area contributed by atoms with E-state index in [0.29, 0.717) is 12.6 Å². The van der Waals surface area contributed by atoms with E-state index in [1.54, 1.807) is 7.11 Å². The third-order valence-corrected chi connectivity index (χ3v) is 3.23. The number of methoxy groups -OCH3 is 1. The monoisotopic (exact) mass is 230 g/mol. The van der Waals surface area contributed by atoms with Crippen molar-refractivity contribution in [1.29, 1.82) is 0 Å². The number of nitrogens with zero attached hydrogens (tertiary/aromatic N) is 1. The summed E-state index contributed by atoms with van der Waals surface area (Å²) in [6.07, 6.45) is 4.09. The van der Waals surface area contributed by atoms with E-state index in [-0.39, 0.29) is 6.10 Å². The van der Waals surface area contributed by atoms with Gasteiger partial charge >= 0.3 is 0 Å². The summed E-state index contributed by atoms with van der Waals surface area (Å²) in [6.45, 7) is 3.54. The summed E-state index contributed by atoms with van der Waals surface area (Å²) in [5, 5.41) is 3.13. The van der Waals surface area contributed by atoms with Crippen LogP contribution in [0.3, 0.4) is 0 Å². The molecular weight excluding hydrogens is 204 g/mol. The van der Waals surface area contributed by atoms with Crippen molar-refractivity contribution in [1.82, 2.24) is 10.2 Å². The van der Waals surface area contributed by atoms with Crippen molar-refractivity contribution in [3.63, 3.8) is 0 Å². The van der Waals surface area contributed by atoms with Crippen molar-refractivity contribution in [2.24, 2.45) is 0 Å². The predicted octanol–water partition coefficient (Wildman–Crippen LogP) is 0.722. The van der Waals surface area contributed by atoms with Gasteiger partial charge in [-0.25, -0.2) is 0 Å². The van der Waals surface area contributed by atoms with Crippen LogP contribution in [0.4, 0.5) is 0 Å². The fourth-order valence-corrected chi connectivity index (χ4v) is 2.18. The Morgan fingerprint density at radius 2 is 2.25 bits per heavy atom. The molecule has 0 amide bonds. The molecule has 1 aliphatic rings. The molecule has 0 aromatic heterocycles. The maximum atomic E-state index is 5.90.